The van der Waals surface area contributed by atoms with Gasteiger partial charge in [-0.1, -0.05) is 84.2 Å². The Bertz CT molecular complexity index is 1240. The van der Waals surface area contributed by atoms with E-state index in [2.05, 4.69) is 27.4 Å². The van der Waals surface area contributed by atoms with E-state index >= 15 is 0 Å². The van der Waals surface area contributed by atoms with E-state index in [-0.39, 0.29) is 33.5 Å². The van der Waals surface area contributed by atoms with Crippen LogP contribution in [0.5, 0.6) is 0 Å². The number of aromatic nitrogens is 3. The van der Waals surface area contributed by atoms with Crippen LogP contribution in [0.3, 0.4) is 0 Å². The Morgan fingerprint density at radius 3 is 2.33 bits per heavy atom. The van der Waals surface area contributed by atoms with Gasteiger partial charge >= 0.3 is 0 Å². The number of hydrogen-bond acceptors (Lipinski definition) is 5. The summed E-state index contributed by atoms with van der Waals surface area (Å²) in [7, 11) is 0. The smallest absolute Gasteiger partial charge is 0.251 e. The van der Waals surface area contributed by atoms with Crippen LogP contribution < -0.4 is 10.6 Å². The second-order valence-corrected chi connectivity index (χ2v) is 10.6. The first-order valence-corrected chi connectivity index (χ1v) is 13.2. The van der Waals surface area contributed by atoms with Crippen LogP contribution in [-0.2, 0) is 11.3 Å². The van der Waals surface area contributed by atoms with E-state index in [1.807, 2.05) is 37.5 Å². The Balaban J connectivity index is 1.76. The highest BCUT2D eigenvalue weighted by Gasteiger charge is 2.26. The molecule has 3 rings (SSSR count). The number of amides is 2. The maximum atomic E-state index is 12.9. The van der Waals surface area contributed by atoms with Crippen molar-refractivity contribution in [3.63, 3.8) is 0 Å². The molecule has 11 heteroatoms. The fourth-order valence-electron chi connectivity index (χ4n) is 3.36. The van der Waals surface area contributed by atoms with Crippen LogP contribution in [0.4, 0.5) is 5.69 Å². The minimum absolute atomic E-state index is 0.0301. The Kier molecular flexibility index (Phi) is 9.84. The lowest BCUT2D eigenvalue weighted by Crippen LogP contribution is -2.33. The molecule has 0 bridgehead atoms. The van der Waals surface area contributed by atoms with E-state index in [4.69, 9.17) is 34.8 Å². The van der Waals surface area contributed by atoms with Crippen LogP contribution >= 0.6 is 46.6 Å². The van der Waals surface area contributed by atoms with Gasteiger partial charge in [-0.2, -0.15) is 0 Å². The molecule has 0 saturated carbocycles. The van der Waals surface area contributed by atoms with Crippen LogP contribution in [-0.4, -0.2) is 32.3 Å². The number of benzene rings is 2. The zero-order chi connectivity index (χ0) is 26.4. The van der Waals surface area contributed by atoms with Crippen LogP contribution in [0.25, 0.3) is 0 Å². The van der Waals surface area contributed by atoms with Crippen molar-refractivity contribution >= 4 is 64.1 Å². The van der Waals surface area contributed by atoms with E-state index in [1.165, 1.54) is 23.9 Å². The Morgan fingerprint density at radius 2 is 1.75 bits per heavy atom. The summed E-state index contributed by atoms with van der Waals surface area (Å²) < 4.78 is 1.84. The minimum Gasteiger partial charge on any atom is -0.342 e. The topological polar surface area (TPSA) is 88.9 Å². The van der Waals surface area contributed by atoms with Crippen molar-refractivity contribution in [1.82, 2.24) is 20.1 Å². The highest BCUT2D eigenvalue weighted by molar-refractivity contribution is 7.99. The predicted molar refractivity (Wildman–Crippen MR) is 147 cm³/mol. The summed E-state index contributed by atoms with van der Waals surface area (Å²) in [5, 5.41) is 15.8. The number of nitrogens with zero attached hydrogens (tertiary/aromatic N) is 3. The molecule has 1 heterocycles. The molecule has 0 aliphatic heterocycles. The third kappa shape index (κ3) is 7.03. The van der Waals surface area contributed by atoms with Crippen molar-refractivity contribution in [3.05, 3.63) is 81.1 Å². The molecule has 1 atom stereocenters. The predicted octanol–water partition coefficient (Wildman–Crippen LogP) is 6.59. The SMILES string of the molecule is C=CCn1c(SCC(=O)Nc2c(Cl)cc(Cl)cc2Cl)nnc1[C@H](NC(=O)c1ccc(C)cc1)C(C)C. The number of carbonyl (C=O) groups is 2. The molecular formula is C25H26Cl3N5O2S. The molecule has 0 saturated heterocycles. The highest BCUT2D eigenvalue weighted by atomic mass is 35.5. The number of nitrogens with one attached hydrogen (secondary N) is 2. The number of rotatable bonds is 10. The summed E-state index contributed by atoms with van der Waals surface area (Å²) in [5.74, 6) is 0.118. The lowest BCUT2D eigenvalue weighted by Gasteiger charge is -2.22. The number of carbonyl (C=O) groups excluding carboxylic acids is 2. The molecule has 2 N–H and O–H groups in total. The number of anilines is 1. The lowest BCUT2D eigenvalue weighted by atomic mass is 10.0. The number of allylic oxidation sites excluding steroid dienone is 1. The zero-order valence-electron chi connectivity index (χ0n) is 20.0. The van der Waals surface area contributed by atoms with Crippen LogP contribution in [0.2, 0.25) is 15.1 Å². The summed E-state index contributed by atoms with van der Waals surface area (Å²) in [6, 6.07) is 9.96. The second-order valence-electron chi connectivity index (χ2n) is 8.38. The van der Waals surface area contributed by atoms with Gasteiger partial charge in [0.05, 0.1) is 27.5 Å². The molecule has 3 aromatic rings. The van der Waals surface area contributed by atoms with Gasteiger partial charge in [0.2, 0.25) is 5.91 Å². The van der Waals surface area contributed by atoms with Gasteiger partial charge in [0.25, 0.3) is 5.91 Å². The number of thioether (sulfide) groups is 1. The first-order chi connectivity index (χ1) is 17.1. The van der Waals surface area contributed by atoms with Gasteiger partial charge < -0.3 is 15.2 Å². The molecule has 0 fully saturated rings. The summed E-state index contributed by atoms with van der Waals surface area (Å²) >= 11 is 19.5. The van der Waals surface area contributed by atoms with Gasteiger partial charge in [0.15, 0.2) is 11.0 Å². The van der Waals surface area contributed by atoms with Crippen LogP contribution in [0.15, 0.2) is 54.2 Å². The number of halogens is 3. The van der Waals surface area contributed by atoms with Gasteiger partial charge in [-0.3, -0.25) is 9.59 Å². The summed E-state index contributed by atoms with van der Waals surface area (Å²) in [4.78, 5) is 25.5. The van der Waals surface area contributed by atoms with E-state index < -0.39 is 6.04 Å². The minimum atomic E-state index is -0.402. The van der Waals surface area contributed by atoms with E-state index in [1.54, 1.807) is 18.2 Å². The fraction of sp³-hybridized carbons (Fsp3) is 0.280. The Labute approximate surface area is 229 Å². The fourth-order valence-corrected chi connectivity index (χ4v) is 5.03. The number of aryl methyl sites for hydroxylation is 1. The molecule has 36 heavy (non-hydrogen) atoms. The average Bonchev–Trinajstić information content (AvgIpc) is 3.21. The molecule has 7 nitrogen and oxygen atoms in total. The molecule has 0 unspecified atom stereocenters. The van der Waals surface area contributed by atoms with E-state index in [0.717, 1.165) is 5.56 Å². The van der Waals surface area contributed by atoms with E-state index in [0.29, 0.717) is 33.8 Å². The molecule has 2 amide bonds. The molecule has 0 radical (unpaired) electrons. The molecule has 190 valence electrons. The van der Waals surface area contributed by atoms with Crippen molar-refractivity contribution in [1.29, 1.82) is 0 Å². The van der Waals surface area contributed by atoms with Gasteiger partial charge in [0, 0.05) is 17.1 Å². The first kappa shape index (κ1) is 28.1. The van der Waals surface area contributed by atoms with E-state index in [9.17, 15) is 9.59 Å². The number of hydrogen-bond donors (Lipinski definition) is 2. The normalized spacial score (nSPS) is 11.9. The van der Waals surface area contributed by atoms with Crippen LogP contribution in [0, 0.1) is 12.8 Å². The van der Waals surface area contributed by atoms with Crippen molar-refractivity contribution in [2.24, 2.45) is 5.92 Å². The maximum Gasteiger partial charge on any atom is 0.251 e. The summed E-state index contributed by atoms with van der Waals surface area (Å²) in [6.45, 7) is 10.2. The molecular weight excluding hydrogens is 541 g/mol. The highest BCUT2D eigenvalue weighted by Crippen LogP contribution is 2.34. The third-order valence-electron chi connectivity index (χ3n) is 5.21. The molecule has 2 aromatic carbocycles. The second kappa shape index (κ2) is 12.6. The van der Waals surface area contributed by atoms with Crippen molar-refractivity contribution in [2.45, 2.75) is 38.5 Å². The van der Waals surface area contributed by atoms with Gasteiger partial charge in [-0.05, 0) is 37.1 Å². The molecule has 1 aromatic heterocycles. The van der Waals surface area contributed by atoms with Crippen LogP contribution in [0.1, 0.15) is 41.6 Å². The first-order valence-electron chi connectivity index (χ1n) is 11.1. The Hall–Kier alpha value is -2.52. The monoisotopic (exact) mass is 565 g/mol. The van der Waals surface area contributed by atoms with Gasteiger partial charge in [-0.25, -0.2) is 0 Å². The van der Waals surface area contributed by atoms with Crippen molar-refractivity contribution < 1.29 is 9.59 Å². The van der Waals surface area contributed by atoms with Crippen molar-refractivity contribution in [2.75, 3.05) is 11.1 Å². The zero-order valence-corrected chi connectivity index (χ0v) is 23.1. The average molecular weight is 567 g/mol. The molecule has 0 aliphatic rings. The maximum absolute atomic E-state index is 12.9. The quantitative estimate of drug-likeness (QED) is 0.213. The Morgan fingerprint density at radius 1 is 1.11 bits per heavy atom. The van der Waals surface area contributed by atoms with Gasteiger partial charge in [0.1, 0.15) is 0 Å². The summed E-state index contributed by atoms with van der Waals surface area (Å²) in [6.07, 6.45) is 1.71. The largest absolute Gasteiger partial charge is 0.342 e. The summed E-state index contributed by atoms with van der Waals surface area (Å²) in [5.41, 5.74) is 1.93. The van der Waals surface area contributed by atoms with Gasteiger partial charge in [-0.15, -0.1) is 16.8 Å². The molecule has 0 aliphatic carbocycles. The standard InChI is InChI=1S/C25H26Cl3N5O2S/c1-5-10-33-23(21(14(2)3)30-24(35)16-8-6-15(4)7-9-16)31-32-25(33)36-13-20(34)29-22-18(27)11-17(26)12-19(22)28/h5-9,11-12,14,21H,1,10,13H2,2-4H3,(H,29,34)(H,30,35)/t21-/m1/s1. The third-order valence-corrected chi connectivity index (χ3v) is 6.99. The van der Waals surface area contributed by atoms with Crippen molar-refractivity contribution in [3.8, 4) is 0 Å². The molecule has 0 spiro atoms. The lowest BCUT2D eigenvalue weighted by molar-refractivity contribution is -0.113.